The Morgan fingerprint density at radius 1 is 1.45 bits per heavy atom. The molecular formula is C16H20FNO2. The summed E-state index contributed by atoms with van der Waals surface area (Å²) in [5.74, 6) is -0.594. The molecule has 0 aliphatic carbocycles. The summed E-state index contributed by atoms with van der Waals surface area (Å²) >= 11 is 0. The maximum absolute atomic E-state index is 13.3. The van der Waals surface area contributed by atoms with Gasteiger partial charge >= 0.3 is 5.97 Å². The summed E-state index contributed by atoms with van der Waals surface area (Å²) in [6.45, 7) is 5.09. The van der Waals surface area contributed by atoms with Gasteiger partial charge in [0, 0.05) is 12.6 Å². The number of halogens is 1. The standard InChI is InChI=1S/C16H20FNO2/c1-12-6-8-18(9-7-12)11-14-2-4-15(17)10-13(14)3-5-16(19)20/h2-5,10,12H,6-9,11H2,1H3,(H,19,20). The fourth-order valence-electron chi connectivity index (χ4n) is 2.49. The van der Waals surface area contributed by atoms with E-state index in [1.165, 1.54) is 31.1 Å². The smallest absolute Gasteiger partial charge is 0.328 e. The first-order chi connectivity index (χ1) is 9.54. The monoisotopic (exact) mass is 277 g/mol. The Kier molecular flexibility index (Phi) is 4.90. The number of carbonyl (C=O) groups is 1. The highest BCUT2D eigenvalue weighted by Gasteiger charge is 2.16. The summed E-state index contributed by atoms with van der Waals surface area (Å²) in [5.41, 5.74) is 1.62. The molecule has 1 N–H and O–H groups in total. The molecule has 1 fully saturated rings. The van der Waals surface area contributed by atoms with Crippen LogP contribution in [0.4, 0.5) is 4.39 Å². The SMILES string of the molecule is CC1CCN(Cc2ccc(F)cc2C=CC(=O)O)CC1. The van der Waals surface area contributed by atoms with E-state index >= 15 is 0 Å². The highest BCUT2D eigenvalue weighted by molar-refractivity contribution is 5.85. The summed E-state index contributed by atoms with van der Waals surface area (Å²) in [4.78, 5) is 12.9. The van der Waals surface area contributed by atoms with Crippen LogP contribution in [0.1, 0.15) is 30.9 Å². The lowest BCUT2D eigenvalue weighted by molar-refractivity contribution is -0.131. The van der Waals surface area contributed by atoms with E-state index in [0.29, 0.717) is 5.56 Å². The van der Waals surface area contributed by atoms with Gasteiger partial charge in [0.25, 0.3) is 0 Å². The van der Waals surface area contributed by atoms with Crippen LogP contribution in [0.3, 0.4) is 0 Å². The van der Waals surface area contributed by atoms with Gasteiger partial charge in [0.2, 0.25) is 0 Å². The highest BCUT2D eigenvalue weighted by atomic mass is 19.1. The van der Waals surface area contributed by atoms with E-state index in [2.05, 4.69) is 11.8 Å². The second-order valence-corrected chi connectivity index (χ2v) is 5.47. The van der Waals surface area contributed by atoms with Gasteiger partial charge in [0.05, 0.1) is 0 Å². The van der Waals surface area contributed by atoms with Gasteiger partial charge in [-0.1, -0.05) is 13.0 Å². The van der Waals surface area contributed by atoms with Crippen LogP contribution in [0.15, 0.2) is 24.3 Å². The molecule has 20 heavy (non-hydrogen) atoms. The third kappa shape index (κ3) is 4.17. The van der Waals surface area contributed by atoms with Crippen molar-refractivity contribution in [3.8, 4) is 0 Å². The Morgan fingerprint density at radius 3 is 2.80 bits per heavy atom. The molecule has 1 aromatic rings. The minimum atomic E-state index is -1.02. The molecule has 0 unspecified atom stereocenters. The Bertz CT molecular complexity index is 505. The summed E-state index contributed by atoms with van der Waals surface area (Å²) in [5, 5.41) is 8.69. The lowest BCUT2D eigenvalue weighted by Gasteiger charge is -2.30. The second-order valence-electron chi connectivity index (χ2n) is 5.47. The van der Waals surface area contributed by atoms with Crippen LogP contribution >= 0.6 is 0 Å². The minimum absolute atomic E-state index is 0.342. The topological polar surface area (TPSA) is 40.5 Å². The molecule has 1 saturated heterocycles. The fraction of sp³-hybridized carbons (Fsp3) is 0.438. The Hall–Kier alpha value is -1.68. The number of rotatable bonds is 4. The van der Waals surface area contributed by atoms with Crippen molar-refractivity contribution < 1.29 is 14.3 Å². The normalized spacial score (nSPS) is 17.7. The zero-order valence-electron chi connectivity index (χ0n) is 11.7. The summed E-state index contributed by atoms with van der Waals surface area (Å²) in [6.07, 6.45) is 4.88. The number of aliphatic carboxylic acids is 1. The lowest BCUT2D eigenvalue weighted by Crippen LogP contribution is -2.32. The van der Waals surface area contributed by atoms with Crippen LogP contribution in [0, 0.1) is 11.7 Å². The summed E-state index contributed by atoms with van der Waals surface area (Å²) in [7, 11) is 0. The molecule has 0 saturated carbocycles. The van der Waals surface area contributed by atoms with Gasteiger partial charge in [-0.25, -0.2) is 9.18 Å². The maximum atomic E-state index is 13.3. The van der Waals surface area contributed by atoms with Crippen molar-refractivity contribution in [2.75, 3.05) is 13.1 Å². The summed E-state index contributed by atoms with van der Waals surface area (Å²) < 4.78 is 13.3. The van der Waals surface area contributed by atoms with Crippen LogP contribution in [-0.2, 0) is 11.3 Å². The second kappa shape index (κ2) is 6.66. The molecular weight excluding hydrogens is 257 g/mol. The number of carboxylic acid groups (broad SMARTS) is 1. The zero-order chi connectivity index (χ0) is 14.5. The van der Waals surface area contributed by atoms with Crippen LogP contribution in [0.2, 0.25) is 0 Å². The molecule has 1 aliphatic rings. The quantitative estimate of drug-likeness (QED) is 0.859. The fourth-order valence-corrected chi connectivity index (χ4v) is 2.49. The van der Waals surface area contributed by atoms with Crippen molar-refractivity contribution in [2.45, 2.75) is 26.3 Å². The van der Waals surface area contributed by atoms with Gasteiger partial charge in [-0.15, -0.1) is 0 Å². The van der Waals surface area contributed by atoms with E-state index in [4.69, 9.17) is 5.11 Å². The van der Waals surface area contributed by atoms with Crippen molar-refractivity contribution in [1.82, 2.24) is 4.90 Å². The number of hydrogen-bond acceptors (Lipinski definition) is 2. The molecule has 1 aliphatic heterocycles. The average Bonchev–Trinajstić information content (AvgIpc) is 2.41. The first kappa shape index (κ1) is 14.7. The Balaban J connectivity index is 2.12. The predicted molar refractivity (Wildman–Crippen MR) is 76.7 cm³/mol. The van der Waals surface area contributed by atoms with Crippen LogP contribution in [0.5, 0.6) is 0 Å². The first-order valence-electron chi connectivity index (χ1n) is 6.96. The van der Waals surface area contributed by atoms with E-state index in [1.54, 1.807) is 6.07 Å². The molecule has 0 amide bonds. The molecule has 0 atom stereocenters. The molecule has 108 valence electrons. The van der Waals surface area contributed by atoms with E-state index in [0.717, 1.165) is 37.2 Å². The van der Waals surface area contributed by atoms with Crippen molar-refractivity contribution in [3.05, 3.63) is 41.2 Å². The van der Waals surface area contributed by atoms with Gasteiger partial charge in [-0.2, -0.15) is 0 Å². The van der Waals surface area contributed by atoms with Crippen molar-refractivity contribution >= 4 is 12.0 Å². The molecule has 0 radical (unpaired) electrons. The first-order valence-corrected chi connectivity index (χ1v) is 6.96. The maximum Gasteiger partial charge on any atom is 0.328 e. The van der Waals surface area contributed by atoms with E-state index in [-0.39, 0.29) is 5.82 Å². The number of benzene rings is 1. The molecule has 4 heteroatoms. The third-order valence-electron chi connectivity index (χ3n) is 3.78. The van der Waals surface area contributed by atoms with Gasteiger partial charge in [0.15, 0.2) is 0 Å². The zero-order valence-corrected chi connectivity index (χ0v) is 11.7. The molecule has 3 nitrogen and oxygen atoms in total. The van der Waals surface area contributed by atoms with Crippen molar-refractivity contribution in [3.63, 3.8) is 0 Å². The molecule has 0 bridgehead atoms. The summed E-state index contributed by atoms with van der Waals surface area (Å²) in [6, 6.07) is 4.57. The lowest BCUT2D eigenvalue weighted by atomic mass is 9.98. The highest BCUT2D eigenvalue weighted by Crippen LogP contribution is 2.21. The number of piperidine rings is 1. The molecule has 1 heterocycles. The molecule has 2 rings (SSSR count). The number of nitrogens with zero attached hydrogens (tertiary/aromatic N) is 1. The number of carboxylic acids is 1. The Labute approximate surface area is 118 Å². The molecule has 0 spiro atoms. The van der Waals surface area contributed by atoms with E-state index < -0.39 is 5.97 Å². The average molecular weight is 277 g/mol. The van der Waals surface area contributed by atoms with E-state index in [1.807, 2.05) is 0 Å². The number of likely N-dealkylation sites (tertiary alicyclic amines) is 1. The van der Waals surface area contributed by atoms with Crippen molar-refractivity contribution in [2.24, 2.45) is 5.92 Å². The predicted octanol–water partition coefficient (Wildman–Crippen LogP) is 3.16. The molecule has 1 aromatic carbocycles. The van der Waals surface area contributed by atoms with Gasteiger partial charge in [0.1, 0.15) is 5.82 Å². The van der Waals surface area contributed by atoms with Gasteiger partial charge < -0.3 is 5.11 Å². The van der Waals surface area contributed by atoms with Gasteiger partial charge in [-0.3, -0.25) is 4.90 Å². The number of hydrogen-bond donors (Lipinski definition) is 1. The largest absolute Gasteiger partial charge is 0.478 e. The van der Waals surface area contributed by atoms with E-state index in [9.17, 15) is 9.18 Å². The van der Waals surface area contributed by atoms with Crippen LogP contribution < -0.4 is 0 Å². The Morgan fingerprint density at radius 2 is 2.15 bits per heavy atom. The van der Waals surface area contributed by atoms with Crippen molar-refractivity contribution in [1.29, 1.82) is 0 Å². The minimum Gasteiger partial charge on any atom is -0.478 e. The van der Waals surface area contributed by atoms with Crippen LogP contribution in [-0.4, -0.2) is 29.1 Å². The van der Waals surface area contributed by atoms with Gasteiger partial charge in [-0.05, 0) is 61.2 Å². The molecule has 0 aromatic heterocycles. The van der Waals surface area contributed by atoms with Crippen LogP contribution in [0.25, 0.3) is 6.08 Å². The third-order valence-corrected chi connectivity index (χ3v) is 3.78.